The third-order valence-electron chi connectivity index (χ3n) is 9.84. The number of aliphatic hydroxyl groups excluding tert-OH is 5. The highest BCUT2D eigenvalue weighted by Gasteiger charge is 2.44. The molecule has 0 saturated carbocycles. The molecular weight excluding hydrogens is 629 g/mol. The van der Waals surface area contributed by atoms with Crippen molar-refractivity contribution in [3.8, 4) is 0 Å². The Bertz CT molecular complexity index is 803. The molecule has 0 aromatic heterocycles. The maximum absolute atomic E-state index is 12.9. The van der Waals surface area contributed by atoms with E-state index in [1.54, 1.807) is 0 Å². The van der Waals surface area contributed by atoms with Crippen LogP contribution >= 0.6 is 0 Å². The summed E-state index contributed by atoms with van der Waals surface area (Å²) >= 11 is 0. The van der Waals surface area contributed by atoms with Gasteiger partial charge in [-0.3, -0.25) is 9.18 Å². The minimum Gasteiger partial charge on any atom is -0.394 e. The highest BCUT2D eigenvalue weighted by molar-refractivity contribution is 5.76. The van der Waals surface area contributed by atoms with Gasteiger partial charge < -0.3 is 40.3 Å². The first-order valence-corrected chi connectivity index (χ1v) is 19.9. The number of unbranched alkanes of at least 4 members (excludes halogenated alkanes) is 19. The first kappa shape index (κ1) is 45.9. The summed E-state index contributed by atoms with van der Waals surface area (Å²) in [5, 5.41) is 54.0. The van der Waals surface area contributed by atoms with E-state index in [1.165, 1.54) is 64.2 Å². The summed E-state index contributed by atoms with van der Waals surface area (Å²) in [6, 6.07) is -0.738. The molecule has 10 heteroatoms. The number of aliphatic hydroxyl groups is 5. The van der Waals surface area contributed by atoms with Crippen LogP contribution in [-0.4, -0.2) is 94.2 Å². The summed E-state index contributed by atoms with van der Waals surface area (Å²) < 4.78 is 23.5. The first-order chi connectivity index (χ1) is 23.7. The van der Waals surface area contributed by atoms with E-state index in [0.29, 0.717) is 19.3 Å². The van der Waals surface area contributed by atoms with Gasteiger partial charge in [-0.1, -0.05) is 141 Å². The largest absolute Gasteiger partial charge is 0.394 e. The van der Waals surface area contributed by atoms with Crippen LogP contribution < -0.4 is 5.32 Å². The second-order valence-electron chi connectivity index (χ2n) is 14.3. The molecule has 1 heterocycles. The number of carbonyl (C=O) groups is 1. The van der Waals surface area contributed by atoms with Gasteiger partial charge in [0.15, 0.2) is 6.29 Å². The van der Waals surface area contributed by atoms with Gasteiger partial charge in [-0.15, -0.1) is 0 Å². The summed E-state index contributed by atoms with van der Waals surface area (Å²) in [5.41, 5.74) is 0.996. The number of amides is 1. The summed E-state index contributed by atoms with van der Waals surface area (Å²) in [7, 11) is 0. The summed E-state index contributed by atoms with van der Waals surface area (Å²) in [6.45, 7) is 5.10. The van der Waals surface area contributed by atoms with Crippen LogP contribution in [0.5, 0.6) is 0 Å². The fourth-order valence-electron chi connectivity index (χ4n) is 6.48. The van der Waals surface area contributed by atoms with Crippen LogP contribution in [0.15, 0.2) is 12.2 Å². The van der Waals surface area contributed by atoms with Crippen molar-refractivity contribution in [3.63, 3.8) is 0 Å². The maximum atomic E-state index is 12.9. The van der Waals surface area contributed by atoms with E-state index < -0.39 is 49.5 Å². The molecule has 0 spiro atoms. The number of rotatable bonds is 33. The average molecular weight is 704 g/mol. The van der Waals surface area contributed by atoms with Crippen molar-refractivity contribution >= 4 is 5.91 Å². The van der Waals surface area contributed by atoms with Crippen LogP contribution in [0.3, 0.4) is 0 Å². The highest BCUT2D eigenvalue weighted by Crippen LogP contribution is 2.23. The molecule has 7 atom stereocenters. The quantitative estimate of drug-likeness (QED) is 0.0318. The Hall–Kier alpha value is -1.14. The smallest absolute Gasteiger partial charge is 0.220 e. The zero-order valence-corrected chi connectivity index (χ0v) is 30.9. The van der Waals surface area contributed by atoms with Crippen LogP contribution in [0.4, 0.5) is 4.39 Å². The van der Waals surface area contributed by atoms with Crippen LogP contribution in [0.2, 0.25) is 0 Å². The molecule has 290 valence electrons. The van der Waals surface area contributed by atoms with Crippen molar-refractivity contribution in [2.75, 3.05) is 19.9 Å². The molecule has 0 bridgehead atoms. The lowest BCUT2D eigenvalue weighted by Gasteiger charge is -2.40. The molecular formula is C39H74FNO8. The van der Waals surface area contributed by atoms with Gasteiger partial charge in [0.05, 0.1) is 32.0 Å². The van der Waals surface area contributed by atoms with Crippen LogP contribution in [0, 0.1) is 0 Å². The standard InChI is InChI=1S/C39H74FNO8/c1-3-4-5-6-7-8-9-10-11-12-16-19-22-25-33(43)32(30-48-39-38(47)37(46)36(45)34(29-42)49-39)41-35(44)26-23-20-17-14-13-15-18-21-24-31(2)27-28-40/h32-34,36-39,42-43,45-47H,2-30H2,1H3,(H,41,44)/t32-,33+,34?,36?,37?,38?,39?/m0/s1. The van der Waals surface area contributed by atoms with Crippen LogP contribution in [0.25, 0.3) is 0 Å². The van der Waals surface area contributed by atoms with E-state index in [2.05, 4.69) is 18.8 Å². The molecule has 1 amide bonds. The summed E-state index contributed by atoms with van der Waals surface area (Å²) in [5.74, 6) is -0.180. The van der Waals surface area contributed by atoms with E-state index in [4.69, 9.17) is 9.47 Å². The predicted molar refractivity (Wildman–Crippen MR) is 194 cm³/mol. The molecule has 1 saturated heterocycles. The number of hydrogen-bond donors (Lipinski definition) is 6. The molecule has 0 aromatic rings. The van der Waals surface area contributed by atoms with Crippen LogP contribution in [-0.2, 0) is 14.3 Å². The fourth-order valence-corrected chi connectivity index (χ4v) is 6.48. The summed E-state index contributed by atoms with van der Waals surface area (Å²) in [6.07, 6.45) is 18.6. The number of ether oxygens (including phenoxy) is 2. The fraction of sp³-hybridized carbons (Fsp3) is 0.923. The molecule has 49 heavy (non-hydrogen) atoms. The Kier molecular flexibility index (Phi) is 28.5. The van der Waals surface area contributed by atoms with Crippen molar-refractivity contribution in [2.45, 2.75) is 210 Å². The van der Waals surface area contributed by atoms with Gasteiger partial charge in [0, 0.05) is 6.42 Å². The average Bonchev–Trinajstić information content (AvgIpc) is 3.09. The molecule has 0 aliphatic carbocycles. The lowest BCUT2D eigenvalue weighted by molar-refractivity contribution is -0.302. The number of allylic oxidation sites excluding steroid dienone is 1. The van der Waals surface area contributed by atoms with E-state index in [9.17, 15) is 34.7 Å². The minimum atomic E-state index is -1.56. The highest BCUT2D eigenvalue weighted by atomic mass is 19.1. The number of carbonyl (C=O) groups excluding carboxylic acids is 1. The lowest BCUT2D eigenvalue weighted by atomic mass is 9.99. The van der Waals surface area contributed by atoms with E-state index in [0.717, 1.165) is 82.6 Å². The van der Waals surface area contributed by atoms with E-state index in [-0.39, 0.29) is 19.2 Å². The monoisotopic (exact) mass is 704 g/mol. The molecule has 1 aliphatic heterocycles. The first-order valence-electron chi connectivity index (χ1n) is 19.9. The molecule has 0 radical (unpaired) electrons. The topological polar surface area (TPSA) is 149 Å². The molecule has 0 aromatic carbocycles. The third kappa shape index (κ3) is 22.4. The second kappa shape index (κ2) is 30.5. The van der Waals surface area contributed by atoms with Crippen molar-refractivity contribution in [1.29, 1.82) is 0 Å². The molecule has 9 nitrogen and oxygen atoms in total. The summed E-state index contributed by atoms with van der Waals surface area (Å²) in [4.78, 5) is 12.9. The van der Waals surface area contributed by atoms with Gasteiger partial charge in [-0.25, -0.2) is 0 Å². The number of halogens is 1. The van der Waals surface area contributed by atoms with E-state index >= 15 is 0 Å². The van der Waals surface area contributed by atoms with Crippen molar-refractivity contribution < 1.29 is 44.2 Å². The molecule has 1 rings (SSSR count). The van der Waals surface area contributed by atoms with Crippen molar-refractivity contribution in [1.82, 2.24) is 5.32 Å². The molecule has 6 N–H and O–H groups in total. The van der Waals surface area contributed by atoms with E-state index in [1.807, 2.05) is 0 Å². The van der Waals surface area contributed by atoms with Gasteiger partial charge in [-0.2, -0.15) is 0 Å². The Balaban J connectivity index is 2.40. The Morgan fingerprint density at radius 1 is 0.735 bits per heavy atom. The van der Waals surface area contributed by atoms with Gasteiger partial charge in [-0.05, 0) is 32.1 Å². The zero-order chi connectivity index (χ0) is 36.1. The van der Waals surface area contributed by atoms with Crippen molar-refractivity contribution in [2.24, 2.45) is 0 Å². The lowest BCUT2D eigenvalue weighted by Crippen LogP contribution is -2.60. The van der Waals surface area contributed by atoms with Gasteiger partial charge >= 0.3 is 0 Å². The predicted octanol–water partition coefficient (Wildman–Crippen LogP) is 6.95. The normalized spacial score (nSPS) is 22.2. The zero-order valence-electron chi connectivity index (χ0n) is 30.9. The van der Waals surface area contributed by atoms with Gasteiger partial charge in [0.25, 0.3) is 0 Å². The van der Waals surface area contributed by atoms with Crippen molar-refractivity contribution in [3.05, 3.63) is 12.2 Å². The molecule has 1 aliphatic rings. The SMILES string of the molecule is C=C(CCF)CCCCCCCCCCC(=O)N[C@@H](COC1OC(CO)C(O)C(O)C1O)[C@H](O)CCCCCCCCCCCCCCC. The van der Waals surface area contributed by atoms with Gasteiger partial charge in [0.2, 0.25) is 5.91 Å². The van der Waals surface area contributed by atoms with Crippen LogP contribution in [0.1, 0.15) is 167 Å². The van der Waals surface area contributed by atoms with Gasteiger partial charge in [0.1, 0.15) is 24.4 Å². The Labute approximate surface area is 297 Å². The second-order valence-corrected chi connectivity index (χ2v) is 14.3. The number of hydrogen-bond acceptors (Lipinski definition) is 8. The maximum Gasteiger partial charge on any atom is 0.220 e. The third-order valence-corrected chi connectivity index (χ3v) is 9.84. The minimum absolute atomic E-state index is 0.158. The number of nitrogens with one attached hydrogen (secondary N) is 1. The molecule has 1 fully saturated rings. The Morgan fingerprint density at radius 3 is 1.73 bits per heavy atom. The molecule has 5 unspecified atom stereocenters. The number of alkyl halides is 1. The Morgan fingerprint density at radius 2 is 1.22 bits per heavy atom.